The molecular weight excluding hydrogens is 352 g/mol. The van der Waals surface area contributed by atoms with E-state index < -0.39 is 11.6 Å². The predicted molar refractivity (Wildman–Crippen MR) is 98.0 cm³/mol. The third-order valence-electron chi connectivity index (χ3n) is 4.80. The molecule has 0 spiro atoms. The van der Waals surface area contributed by atoms with Crippen LogP contribution in [0.3, 0.4) is 0 Å². The summed E-state index contributed by atoms with van der Waals surface area (Å²) in [5.74, 6) is -1.55. The van der Waals surface area contributed by atoms with Crippen LogP contribution in [0.4, 0.5) is 19.3 Å². The molecule has 3 amide bonds. The average Bonchev–Trinajstić information content (AvgIpc) is 2.63. The third-order valence-corrected chi connectivity index (χ3v) is 4.80. The number of hydrogen-bond donors (Lipinski definition) is 1. The molecule has 3 rings (SSSR count). The molecule has 0 saturated carbocycles. The van der Waals surface area contributed by atoms with E-state index in [1.54, 1.807) is 0 Å². The van der Waals surface area contributed by atoms with E-state index >= 15 is 0 Å². The van der Waals surface area contributed by atoms with Crippen LogP contribution in [0.5, 0.6) is 0 Å². The maximum absolute atomic E-state index is 13.9. The summed E-state index contributed by atoms with van der Waals surface area (Å²) in [6, 6.07) is 8.58. The molecular formula is C20H21F2N3O2. The molecule has 0 atom stereocenters. The SMILES string of the molecule is Cc1cccc(NC(=O)N2CCC(=O)N(Cc3ccc(F)cc3F)C2)c1C. The molecule has 0 aromatic heterocycles. The Hall–Kier alpha value is -2.96. The lowest BCUT2D eigenvalue weighted by Gasteiger charge is -2.35. The highest BCUT2D eigenvalue weighted by Crippen LogP contribution is 2.20. The molecule has 1 heterocycles. The largest absolute Gasteiger partial charge is 0.323 e. The van der Waals surface area contributed by atoms with Gasteiger partial charge in [-0.2, -0.15) is 0 Å². The maximum Gasteiger partial charge on any atom is 0.323 e. The lowest BCUT2D eigenvalue weighted by molar-refractivity contribution is -0.137. The van der Waals surface area contributed by atoms with Crippen molar-refractivity contribution in [2.45, 2.75) is 26.8 Å². The normalized spacial score (nSPS) is 14.4. The number of hydrogen-bond acceptors (Lipinski definition) is 2. The highest BCUT2D eigenvalue weighted by molar-refractivity contribution is 5.91. The number of anilines is 1. The van der Waals surface area contributed by atoms with Crippen LogP contribution in [0.25, 0.3) is 0 Å². The molecule has 1 N–H and O–H groups in total. The van der Waals surface area contributed by atoms with Crippen LogP contribution < -0.4 is 5.32 Å². The number of rotatable bonds is 3. The van der Waals surface area contributed by atoms with Crippen LogP contribution in [-0.2, 0) is 11.3 Å². The van der Waals surface area contributed by atoms with Crippen LogP contribution >= 0.6 is 0 Å². The van der Waals surface area contributed by atoms with Crippen molar-refractivity contribution in [1.29, 1.82) is 0 Å². The Morgan fingerprint density at radius 2 is 1.96 bits per heavy atom. The lowest BCUT2D eigenvalue weighted by atomic mass is 10.1. The van der Waals surface area contributed by atoms with Gasteiger partial charge in [0.15, 0.2) is 0 Å². The first-order valence-corrected chi connectivity index (χ1v) is 8.69. The molecule has 7 heteroatoms. The zero-order valence-electron chi connectivity index (χ0n) is 15.3. The highest BCUT2D eigenvalue weighted by atomic mass is 19.1. The molecule has 1 aliphatic heterocycles. The molecule has 2 aromatic rings. The molecule has 142 valence electrons. The zero-order valence-corrected chi connectivity index (χ0v) is 15.3. The van der Waals surface area contributed by atoms with Gasteiger partial charge in [-0.1, -0.05) is 18.2 Å². The number of nitrogens with zero attached hydrogens (tertiary/aromatic N) is 2. The van der Waals surface area contributed by atoms with Gasteiger partial charge < -0.3 is 15.1 Å². The zero-order chi connectivity index (χ0) is 19.6. The van der Waals surface area contributed by atoms with Gasteiger partial charge in [0.25, 0.3) is 0 Å². The van der Waals surface area contributed by atoms with E-state index in [2.05, 4.69) is 5.32 Å². The Morgan fingerprint density at radius 3 is 2.70 bits per heavy atom. The smallest absolute Gasteiger partial charge is 0.320 e. The Kier molecular flexibility index (Phi) is 5.39. The molecule has 0 radical (unpaired) electrons. The first-order chi connectivity index (χ1) is 12.8. The molecule has 1 fully saturated rings. The maximum atomic E-state index is 13.9. The Balaban J connectivity index is 1.69. The molecule has 0 aliphatic carbocycles. The van der Waals surface area contributed by atoms with Gasteiger partial charge in [0.1, 0.15) is 11.6 Å². The number of amides is 3. The molecule has 2 aromatic carbocycles. The predicted octanol–water partition coefficient (Wildman–Crippen LogP) is 3.81. The van der Waals surface area contributed by atoms with E-state index in [0.717, 1.165) is 23.3 Å². The van der Waals surface area contributed by atoms with Crippen molar-refractivity contribution in [3.8, 4) is 0 Å². The van der Waals surface area contributed by atoms with Gasteiger partial charge in [-0.3, -0.25) is 4.79 Å². The molecule has 27 heavy (non-hydrogen) atoms. The summed E-state index contributed by atoms with van der Waals surface area (Å²) in [4.78, 5) is 27.7. The van der Waals surface area contributed by atoms with Crippen LogP contribution in [0, 0.1) is 25.5 Å². The monoisotopic (exact) mass is 373 g/mol. The molecule has 1 aliphatic rings. The second-order valence-corrected chi connectivity index (χ2v) is 6.66. The Bertz CT molecular complexity index is 886. The number of halogens is 2. The highest BCUT2D eigenvalue weighted by Gasteiger charge is 2.27. The van der Waals surface area contributed by atoms with Crippen LogP contribution in [0.15, 0.2) is 36.4 Å². The second-order valence-electron chi connectivity index (χ2n) is 6.66. The summed E-state index contributed by atoms with van der Waals surface area (Å²) < 4.78 is 26.9. The summed E-state index contributed by atoms with van der Waals surface area (Å²) in [5, 5.41) is 2.86. The van der Waals surface area contributed by atoms with Gasteiger partial charge in [-0.05, 0) is 37.1 Å². The Morgan fingerprint density at radius 1 is 1.19 bits per heavy atom. The quantitative estimate of drug-likeness (QED) is 0.890. The second kappa shape index (κ2) is 7.73. The van der Waals surface area contributed by atoms with Crippen molar-refractivity contribution in [2.24, 2.45) is 0 Å². The number of nitrogens with one attached hydrogen (secondary N) is 1. The van der Waals surface area contributed by atoms with Crippen molar-refractivity contribution in [1.82, 2.24) is 9.80 Å². The summed E-state index contributed by atoms with van der Waals surface area (Å²) >= 11 is 0. The van der Waals surface area contributed by atoms with Crippen LogP contribution in [-0.4, -0.2) is 35.0 Å². The van der Waals surface area contributed by atoms with Crippen LogP contribution in [0.2, 0.25) is 0 Å². The standard InChI is InChI=1S/C20H21F2N3O2/c1-13-4-3-5-18(14(13)2)23-20(27)24-9-8-19(26)25(12-24)11-15-6-7-16(21)10-17(15)22/h3-7,10H,8-9,11-12H2,1-2H3,(H,23,27). The summed E-state index contributed by atoms with van der Waals surface area (Å²) in [7, 11) is 0. The minimum Gasteiger partial charge on any atom is -0.320 e. The topological polar surface area (TPSA) is 52.7 Å². The molecule has 1 saturated heterocycles. The minimum atomic E-state index is -0.709. The summed E-state index contributed by atoms with van der Waals surface area (Å²) in [5.41, 5.74) is 2.97. The fraction of sp³-hybridized carbons (Fsp3) is 0.300. The van der Waals surface area contributed by atoms with E-state index in [9.17, 15) is 18.4 Å². The lowest BCUT2D eigenvalue weighted by Crippen LogP contribution is -2.51. The van der Waals surface area contributed by atoms with Crippen LogP contribution in [0.1, 0.15) is 23.1 Å². The molecule has 0 unspecified atom stereocenters. The van der Waals surface area contributed by atoms with Crippen molar-refractivity contribution in [3.05, 3.63) is 64.7 Å². The summed E-state index contributed by atoms with van der Waals surface area (Å²) in [6.07, 6.45) is 0.156. The minimum absolute atomic E-state index is 0.0157. The van der Waals surface area contributed by atoms with E-state index in [1.165, 1.54) is 15.9 Å². The van der Waals surface area contributed by atoms with Gasteiger partial charge in [-0.25, -0.2) is 13.6 Å². The first-order valence-electron chi connectivity index (χ1n) is 8.69. The van der Waals surface area contributed by atoms with E-state index in [0.29, 0.717) is 5.69 Å². The Labute approximate surface area is 156 Å². The van der Waals surface area contributed by atoms with E-state index in [4.69, 9.17) is 0 Å². The molecule has 5 nitrogen and oxygen atoms in total. The summed E-state index contributed by atoms with van der Waals surface area (Å²) in [6.45, 7) is 4.21. The number of urea groups is 1. The fourth-order valence-corrected chi connectivity index (χ4v) is 2.98. The average molecular weight is 373 g/mol. The van der Waals surface area contributed by atoms with E-state index in [1.807, 2.05) is 32.0 Å². The van der Waals surface area contributed by atoms with Gasteiger partial charge in [0.05, 0.1) is 13.2 Å². The van der Waals surface area contributed by atoms with Gasteiger partial charge in [-0.15, -0.1) is 0 Å². The molecule has 0 bridgehead atoms. The number of carbonyl (C=O) groups excluding carboxylic acids is 2. The van der Waals surface area contributed by atoms with Gasteiger partial charge in [0.2, 0.25) is 5.91 Å². The first kappa shape index (κ1) is 18.8. The van der Waals surface area contributed by atoms with Crippen molar-refractivity contribution < 1.29 is 18.4 Å². The third kappa shape index (κ3) is 4.24. The van der Waals surface area contributed by atoms with Crippen molar-refractivity contribution in [2.75, 3.05) is 18.5 Å². The van der Waals surface area contributed by atoms with Gasteiger partial charge in [0, 0.05) is 30.3 Å². The fourth-order valence-electron chi connectivity index (χ4n) is 2.98. The number of carbonyl (C=O) groups is 2. The number of aryl methyl sites for hydroxylation is 1. The van der Waals surface area contributed by atoms with E-state index in [-0.39, 0.29) is 43.7 Å². The van der Waals surface area contributed by atoms with Gasteiger partial charge >= 0.3 is 6.03 Å². The number of benzene rings is 2. The van der Waals surface area contributed by atoms with Crippen molar-refractivity contribution in [3.63, 3.8) is 0 Å². The van der Waals surface area contributed by atoms with Crippen molar-refractivity contribution >= 4 is 17.6 Å².